The van der Waals surface area contributed by atoms with Crippen molar-refractivity contribution < 1.29 is 0 Å². The number of pyridine rings is 3. The Kier molecular flexibility index (Phi) is 4.30. The molecular formula is C30H12N6O3. The van der Waals surface area contributed by atoms with Crippen molar-refractivity contribution in [2.24, 2.45) is 0 Å². The summed E-state index contributed by atoms with van der Waals surface area (Å²) < 4.78 is 0. The number of H-pyrrole nitrogens is 3. The summed E-state index contributed by atoms with van der Waals surface area (Å²) >= 11 is 0. The van der Waals surface area contributed by atoms with Crippen LogP contribution in [0.2, 0.25) is 0 Å². The lowest BCUT2D eigenvalue weighted by atomic mass is 9.97. The molecule has 39 heavy (non-hydrogen) atoms. The van der Waals surface area contributed by atoms with Crippen molar-refractivity contribution in [2.75, 3.05) is 0 Å². The monoisotopic (exact) mass is 504 g/mol. The van der Waals surface area contributed by atoms with Crippen molar-refractivity contribution in [1.29, 1.82) is 15.8 Å². The molecule has 3 aromatic heterocycles. The summed E-state index contributed by atoms with van der Waals surface area (Å²) in [4.78, 5) is 51.6. The van der Waals surface area contributed by atoms with Crippen molar-refractivity contribution >= 4 is 65.4 Å². The Morgan fingerprint density at radius 2 is 0.744 bits per heavy atom. The topological polar surface area (TPSA) is 170 Å². The maximum Gasteiger partial charge on any atom is 0.199 e. The number of hydrogen-bond acceptors (Lipinski definition) is 6. The van der Waals surface area contributed by atoms with Crippen LogP contribution >= 0.6 is 0 Å². The summed E-state index contributed by atoms with van der Waals surface area (Å²) in [6.45, 7) is 0. The molecule has 3 N–H and O–H groups in total. The molecule has 0 saturated heterocycles. The van der Waals surface area contributed by atoms with E-state index in [9.17, 15) is 30.2 Å². The molecule has 9 heteroatoms. The normalized spacial score (nSPS) is 11.3. The highest BCUT2D eigenvalue weighted by molar-refractivity contribution is 6.25. The molecule has 0 fully saturated rings. The largest absolute Gasteiger partial charge is 0.354 e. The van der Waals surface area contributed by atoms with E-state index in [2.05, 4.69) is 15.0 Å². The second kappa shape index (κ2) is 7.63. The number of fused-ring (bicyclic) bond motifs is 9. The van der Waals surface area contributed by atoms with Gasteiger partial charge in [0.1, 0.15) is 0 Å². The predicted molar refractivity (Wildman–Crippen MR) is 147 cm³/mol. The van der Waals surface area contributed by atoms with Crippen LogP contribution in [-0.4, -0.2) is 15.0 Å². The summed E-state index contributed by atoms with van der Waals surface area (Å²) in [6, 6.07) is 20.0. The van der Waals surface area contributed by atoms with E-state index >= 15 is 0 Å². The van der Waals surface area contributed by atoms with Crippen molar-refractivity contribution in [3.8, 4) is 18.2 Å². The lowest BCUT2D eigenvalue weighted by Gasteiger charge is -2.13. The third kappa shape index (κ3) is 2.88. The van der Waals surface area contributed by atoms with Crippen LogP contribution < -0.4 is 16.3 Å². The zero-order valence-corrected chi connectivity index (χ0v) is 19.8. The van der Waals surface area contributed by atoms with E-state index in [1.807, 2.05) is 18.2 Å². The van der Waals surface area contributed by atoms with Gasteiger partial charge in [-0.1, -0.05) is 0 Å². The molecule has 0 bridgehead atoms. The Morgan fingerprint density at radius 1 is 0.462 bits per heavy atom. The fourth-order valence-electron chi connectivity index (χ4n) is 5.35. The molecule has 0 radical (unpaired) electrons. The highest BCUT2D eigenvalue weighted by Gasteiger charge is 2.22. The SMILES string of the molecule is N#Cc1ccc2[nH]c3c4c(=O)c5cc(C#N)ccc5[nH]c4c4c(=O)c5cc(C#N)ccc5[nH]c4c3c(=O)c2c1. The Balaban J connectivity index is 1.87. The minimum absolute atomic E-state index is 0.0877. The number of hydrogen-bond donors (Lipinski definition) is 3. The summed E-state index contributed by atoms with van der Waals surface area (Å²) in [5.41, 5.74) is 1.37. The predicted octanol–water partition coefficient (Wildman–Crippen LogP) is 4.29. The highest BCUT2D eigenvalue weighted by Crippen LogP contribution is 2.31. The van der Waals surface area contributed by atoms with Gasteiger partial charge < -0.3 is 15.0 Å². The molecule has 0 amide bonds. The van der Waals surface area contributed by atoms with Crippen LogP contribution in [-0.2, 0) is 0 Å². The Bertz CT molecular complexity index is 2280. The second-order valence-corrected chi connectivity index (χ2v) is 9.23. The first-order valence-electron chi connectivity index (χ1n) is 11.7. The van der Waals surface area contributed by atoms with Crippen molar-refractivity contribution in [3.63, 3.8) is 0 Å². The number of aromatic amines is 3. The molecular weight excluding hydrogens is 492 g/mol. The molecule has 7 rings (SSSR count). The Labute approximate surface area is 216 Å². The van der Waals surface area contributed by atoms with E-state index in [0.717, 1.165) is 0 Å². The van der Waals surface area contributed by atoms with Gasteiger partial charge in [0, 0.05) is 32.7 Å². The number of rotatable bonds is 0. The van der Waals surface area contributed by atoms with E-state index in [1.165, 1.54) is 18.2 Å². The smallest absolute Gasteiger partial charge is 0.199 e. The summed E-state index contributed by atoms with van der Waals surface area (Å²) in [5.74, 6) is 0. The van der Waals surface area contributed by atoms with Crippen molar-refractivity contribution in [1.82, 2.24) is 15.0 Å². The maximum absolute atomic E-state index is 14.0. The van der Waals surface area contributed by atoms with Crippen LogP contribution in [0.1, 0.15) is 16.7 Å². The van der Waals surface area contributed by atoms with Gasteiger partial charge in [0.05, 0.1) is 67.6 Å². The zero-order valence-electron chi connectivity index (χ0n) is 19.8. The minimum Gasteiger partial charge on any atom is -0.354 e. The number of nitrogens with zero attached hydrogens (tertiary/aromatic N) is 3. The molecule has 0 aliphatic heterocycles. The average molecular weight is 504 g/mol. The molecule has 0 aliphatic carbocycles. The van der Waals surface area contributed by atoms with Crippen LogP contribution in [0, 0.1) is 34.0 Å². The van der Waals surface area contributed by atoms with Gasteiger partial charge in [0.15, 0.2) is 16.3 Å². The minimum atomic E-state index is -0.461. The van der Waals surface area contributed by atoms with Crippen molar-refractivity contribution in [2.45, 2.75) is 0 Å². The van der Waals surface area contributed by atoms with E-state index < -0.39 is 16.3 Å². The van der Waals surface area contributed by atoms with Gasteiger partial charge in [-0.2, -0.15) is 15.8 Å². The maximum atomic E-state index is 14.0. The van der Waals surface area contributed by atoms with Gasteiger partial charge in [0.25, 0.3) is 0 Å². The van der Waals surface area contributed by atoms with Gasteiger partial charge in [-0.25, -0.2) is 0 Å². The van der Waals surface area contributed by atoms with Gasteiger partial charge in [0.2, 0.25) is 0 Å². The van der Waals surface area contributed by atoms with Gasteiger partial charge in [-0.15, -0.1) is 0 Å². The van der Waals surface area contributed by atoms with Gasteiger partial charge >= 0.3 is 0 Å². The number of nitriles is 3. The molecule has 7 aromatic rings. The quantitative estimate of drug-likeness (QED) is 0.205. The van der Waals surface area contributed by atoms with Crippen LogP contribution in [0.5, 0.6) is 0 Å². The molecule has 0 spiro atoms. The molecule has 0 unspecified atom stereocenters. The average Bonchev–Trinajstić information content (AvgIpc) is 2.96. The van der Waals surface area contributed by atoms with Crippen LogP contribution in [0.4, 0.5) is 0 Å². The molecule has 3 heterocycles. The van der Waals surface area contributed by atoms with E-state index in [4.69, 9.17) is 0 Å². The summed E-state index contributed by atoms with van der Waals surface area (Å²) in [6.07, 6.45) is 0. The van der Waals surface area contributed by atoms with E-state index in [0.29, 0.717) is 16.6 Å². The zero-order chi connectivity index (χ0) is 27.0. The van der Waals surface area contributed by atoms with Crippen LogP contribution in [0.15, 0.2) is 69.0 Å². The lowest BCUT2D eigenvalue weighted by molar-refractivity contribution is 1.43. The number of nitrogens with one attached hydrogen (secondary N) is 3. The van der Waals surface area contributed by atoms with Crippen molar-refractivity contribution in [3.05, 3.63) is 102 Å². The van der Waals surface area contributed by atoms with Crippen LogP contribution in [0.25, 0.3) is 65.4 Å². The number of benzene rings is 4. The highest BCUT2D eigenvalue weighted by atomic mass is 16.1. The first-order valence-corrected chi connectivity index (χ1v) is 11.7. The fourth-order valence-corrected chi connectivity index (χ4v) is 5.35. The standard InChI is InChI=1S/C30H12N6O3/c31-10-13-1-4-19-16(7-13)28(37)22-25(34-19)23-27(36-20-5-2-14(11-32)8-17(20)29(23)38)24-26(22)35-21-6-3-15(12-33)9-18(21)30(24)39/h1-9H,(H,34,37)(H,35,39)(H,36,38). The number of aromatic nitrogens is 3. The molecule has 0 aliphatic rings. The van der Waals surface area contributed by atoms with Crippen LogP contribution in [0.3, 0.4) is 0 Å². The first kappa shape index (κ1) is 22.0. The Morgan fingerprint density at radius 3 is 1.00 bits per heavy atom. The van der Waals surface area contributed by atoms with Gasteiger partial charge in [-0.05, 0) is 54.6 Å². The van der Waals surface area contributed by atoms with E-state index in [-0.39, 0.29) is 65.6 Å². The molecule has 0 atom stereocenters. The molecule has 0 saturated carbocycles. The van der Waals surface area contributed by atoms with Gasteiger partial charge in [-0.3, -0.25) is 14.4 Å². The summed E-state index contributed by atoms with van der Waals surface area (Å²) in [7, 11) is 0. The lowest BCUT2D eigenvalue weighted by Crippen LogP contribution is -2.15. The summed E-state index contributed by atoms with van der Waals surface area (Å²) in [5, 5.41) is 29.1. The third-order valence-corrected chi connectivity index (χ3v) is 7.14. The Hall–Kier alpha value is -6.24. The van der Waals surface area contributed by atoms with E-state index in [1.54, 1.807) is 36.4 Å². The molecule has 9 nitrogen and oxygen atoms in total. The molecule has 180 valence electrons. The fraction of sp³-hybridized carbons (Fsp3) is 0. The first-order chi connectivity index (χ1) is 18.9. The second-order valence-electron chi connectivity index (χ2n) is 9.23. The third-order valence-electron chi connectivity index (χ3n) is 7.14. The molecule has 4 aromatic carbocycles.